The van der Waals surface area contributed by atoms with Gasteiger partial charge in [-0.25, -0.2) is 9.97 Å². The van der Waals surface area contributed by atoms with Crippen LogP contribution in [-0.4, -0.2) is 23.9 Å². The number of benzene rings is 5. The molecule has 10 rings (SSSR count). The van der Waals surface area contributed by atoms with Crippen LogP contribution in [0, 0.1) is 6.92 Å². The predicted molar refractivity (Wildman–Crippen MR) is 169 cm³/mol. The molecule has 5 aromatic heterocycles. The summed E-state index contributed by atoms with van der Waals surface area (Å²) in [6.45, 7) is 2.04. The van der Waals surface area contributed by atoms with Crippen molar-refractivity contribution in [3.05, 3.63) is 115 Å². The second kappa shape index (κ2) is 7.34. The van der Waals surface area contributed by atoms with E-state index in [-0.39, 0.29) is 0 Å². The maximum atomic E-state index is 5.10. The van der Waals surface area contributed by atoms with E-state index in [0.29, 0.717) is 11.6 Å². The van der Waals surface area contributed by atoms with E-state index >= 15 is 0 Å². The lowest BCUT2D eigenvalue weighted by molar-refractivity contribution is 0.983. The van der Waals surface area contributed by atoms with Crippen molar-refractivity contribution in [3.8, 4) is 5.95 Å². The van der Waals surface area contributed by atoms with Crippen LogP contribution in [0.25, 0.3) is 87.7 Å². The second-order valence-corrected chi connectivity index (χ2v) is 10.9. The second-order valence-electron chi connectivity index (χ2n) is 10.9. The Balaban J connectivity index is 1.56. The Kier molecular flexibility index (Phi) is 3.81. The Labute approximate surface area is 233 Å². The van der Waals surface area contributed by atoms with Gasteiger partial charge in [-0.15, -0.1) is 0 Å². The first-order chi connectivity index (χ1) is 20.3. The standard InChI is InChI=1S/C36H21N5/c1-20-22-13-8-18-37-35(22)39-36(38-20)41-30-17-16-21-9-2-3-10-23(21)31(30)27-19-26-24-11-4-6-14-28(24)40-29-15-7-5-12-25(29)32(33(26)40)34(27)41/h2-19H,1H3. The minimum absolute atomic E-state index is 0.645. The van der Waals surface area contributed by atoms with Crippen LogP contribution in [-0.2, 0) is 0 Å². The third-order valence-electron chi connectivity index (χ3n) is 8.84. The summed E-state index contributed by atoms with van der Waals surface area (Å²) >= 11 is 0. The lowest BCUT2D eigenvalue weighted by Gasteiger charge is -2.10. The number of rotatable bonds is 1. The van der Waals surface area contributed by atoms with Crippen LogP contribution in [0.1, 0.15) is 5.69 Å². The Hall–Kier alpha value is -5.55. The summed E-state index contributed by atoms with van der Waals surface area (Å²) in [6.07, 6.45) is 1.80. The number of aryl methyl sites for hydroxylation is 1. The molecule has 0 amide bonds. The number of aromatic nitrogens is 5. The lowest BCUT2D eigenvalue weighted by atomic mass is 10.0. The van der Waals surface area contributed by atoms with Gasteiger partial charge in [0, 0.05) is 43.9 Å². The molecule has 10 aromatic rings. The molecule has 0 aliphatic carbocycles. The summed E-state index contributed by atoms with van der Waals surface area (Å²) in [4.78, 5) is 14.8. The zero-order chi connectivity index (χ0) is 26.8. The fourth-order valence-electron chi connectivity index (χ4n) is 7.18. The normalized spacial score (nSPS) is 12.5. The molecule has 5 nitrogen and oxygen atoms in total. The van der Waals surface area contributed by atoms with Crippen LogP contribution in [0.2, 0.25) is 0 Å². The minimum Gasteiger partial charge on any atom is -0.308 e. The van der Waals surface area contributed by atoms with Crippen molar-refractivity contribution in [3.63, 3.8) is 0 Å². The molecule has 0 fully saturated rings. The zero-order valence-corrected chi connectivity index (χ0v) is 22.1. The van der Waals surface area contributed by atoms with Gasteiger partial charge in [0.25, 0.3) is 0 Å². The van der Waals surface area contributed by atoms with E-state index in [2.05, 4.69) is 105 Å². The average molecular weight is 524 g/mol. The maximum Gasteiger partial charge on any atom is 0.236 e. The smallest absolute Gasteiger partial charge is 0.236 e. The summed E-state index contributed by atoms with van der Waals surface area (Å²) < 4.78 is 4.71. The number of hydrogen-bond acceptors (Lipinski definition) is 3. The minimum atomic E-state index is 0.645. The van der Waals surface area contributed by atoms with Gasteiger partial charge in [-0.3, -0.25) is 4.57 Å². The SMILES string of the molecule is Cc1nc(-n2c3ccc4ccccc4c3c3cc4c5ccccc5n5c6ccccc6c(c32)c45)nc2ncccc12. The summed E-state index contributed by atoms with van der Waals surface area (Å²) in [5.74, 6) is 0.645. The van der Waals surface area contributed by atoms with Gasteiger partial charge in [-0.05, 0) is 54.1 Å². The Morgan fingerprint density at radius 1 is 0.537 bits per heavy atom. The monoisotopic (exact) mass is 523 g/mol. The predicted octanol–water partition coefficient (Wildman–Crippen LogP) is 8.73. The van der Waals surface area contributed by atoms with Crippen LogP contribution in [0.15, 0.2) is 109 Å². The van der Waals surface area contributed by atoms with Crippen LogP contribution in [0.4, 0.5) is 0 Å². The maximum absolute atomic E-state index is 5.10. The van der Waals surface area contributed by atoms with Gasteiger partial charge in [0.15, 0.2) is 5.65 Å². The molecule has 0 saturated heterocycles. The van der Waals surface area contributed by atoms with Crippen molar-refractivity contribution >= 4 is 81.7 Å². The molecule has 41 heavy (non-hydrogen) atoms. The molecule has 0 radical (unpaired) electrons. The molecule has 0 unspecified atom stereocenters. The number of fused-ring (bicyclic) bond motifs is 13. The van der Waals surface area contributed by atoms with Crippen molar-refractivity contribution in [2.45, 2.75) is 6.92 Å². The molecule has 5 heterocycles. The highest BCUT2D eigenvalue weighted by molar-refractivity contribution is 6.36. The van der Waals surface area contributed by atoms with Gasteiger partial charge in [-0.2, -0.15) is 4.98 Å². The third kappa shape index (κ3) is 2.54. The molecule has 0 aliphatic heterocycles. The molecule has 0 N–H and O–H groups in total. The van der Waals surface area contributed by atoms with E-state index in [9.17, 15) is 0 Å². The number of hydrogen-bond donors (Lipinski definition) is 0. The van der Waals surface area contributed by atoms with Gasteiger partial charge in [0.05, 0.1) is 33.3 Å². The largest absolute Gasteiger partial charge is 0.308 e. The van der Waals surface area contributed by atoms with E-state index in [1.165, 1.54) is 59.6 Å². The van der Waals surface area contributed by atoms with Crippen molar-refractivity contribution in [2.75, 3.05) is 0 Å². The lowest BCUT2D eigenvalue weighted by Crippen LogP contribution is -2.04. The highest BCUT2D eigenvalue weighted by Gasteiger charge is 2.25. The molecular formula is C36H21N5. The molecule has 5 aromatic carbocycles. The van der Waals surface area contributed by atoms with Crippen LogP contribution in [0.5, 0.6) is 0 Å². The van der Waals surface area contributed by atoms with Crippen LogP contribution in [0.3, 0.4) is 0 Å². The Morgan fingerprint density at radius 2 is 1.27 bits per heavy atom. The fraction of sp³-hybridized carbons (Fsp3) is 0.0278. The molecule has 0 atom stereocenters. The summed E-state index contributed by atoms with van der Waals surface area (Å²) in [5, 5.41) is 10.8. The number of pyridine rings is 1. The molecule has 0 bridgehead atoms. The Bertz CT molecular complexity index is 2710. The highest BCUT2D eigenvalue weighted by Crippen LogP contribution is 2.47. The van der Waals surface area contributed by atoms with Gasteiger partial charge >= 0.3 is 0 Å². The fourth-order valence-corrected chi connectivity index (χ4v) is 7.18. The van der Waals surface area contributed by atoms with Crippen molar-refractivity contribution in [1.29, 1.82) is 0 Å². The van der Waals surface area contributed by atoms with Crippen molar-refractivity contribution in [2.24, 2.45) is 0 Å². The van der Waals surface area contributed by atoms with Crippen molar-refractivity contribution < 1.29 is 0 Å². The first-order valence-corrected chi connectivity index (χ1v) is 13.9. The van der Waals surface area contributed by atoms with E-state index in [1.807, 2.05) is 19.1 Å². The Morgan fingerprint density at radius 3 is 2.15 bits per heavy atom. The molecule has 190 valence electrons. The van der Waals surface area contributed by atoms with Gasteiger partial charge in [0.2, 0.25) is 5.95 Å². The topological polar surface area (TPSA) is 48.0 Å². The summed E-state index contributed by atoms with van der Waals surface area (Å²) in [6, 6.07) is 37.0. The van der Waals surface area contributed by atoms with Crippen LogP contribution >= 0.6 is 0 Å². The molecule has 0 aliphatic rings. The third-order valence-corrected chi connectivity index (χ3v) is 8.84. The van der Waals surface area contributed by atoms with E-state index in [1.54, 1.807) is 6.20 Å². The molecular weight excluding hydrogens is 502 g/mol. The van der Waals surface area contributed by atoms with Gasteiger partial charge in [0.1, 0.15) is 0 Å². The van der Waals surface area contributed by atoms with Crippen LogP contribution < -0.4 is 0 Å². The van der Waals surface area contributed by atoms with Gasteiger partial charge < -0.3 is 4.40 Å². The molecule has 0 saturated carbocycles. The zero-order valence-electron chi connectivity index (χ0n) is 22.1. The van der Waals surface area contributed by atoms with E-state index in [0.717, 1.165) is 22.1 Å². The average Bonchev–Trinajstić information content (AvgIpc) is 3.65. The number of nitrogens with zero attached hydrogens (tertiary/aromatic N) is 5. The van der Waals surface area contributed by atoms with E-state index in [4.69, 9.17) is 9.97 Å². The molecule has 5 heteroatoms. The summed E-state index contributed by atoms with van der Waals surface area (Å²) in [5.41, 5.74) is 7.52. The first kappa shape index (κ1) is 21.3. The quantitative estimate of drug-likeness (QED) is 0.216. The summed E-state index contributed by atoms with van der Waals surface area (Å²) in [7, 11) is 0. The number of para-hydroxylation sites is 2. The molecule has 0 spiro atoms. The highest BCUT2D eigenvalue weighted by atomic mass is 15.2. The van der Waals surface area contributed by atoms with Crippen molar-refractivity contribution in [1.82, 2.24) is 23.9 Å². The first-order valence-electron chi connectivity index (χ1n) is 13.9. The van der Waals surface area contributed by atoms with E-state index < -0.39 is 0 Å². The van der Waals surface area contributed by atoms with Gasteiger partial charge in [-0.1, -0.05) is 66.7 Å².